The first-order valence-electron chi connectivity index (χ1n) is 6.93. The maximum Gasteiger partial charge on any atom is 0.0624 e. The van der Waals surface area contributed by atoms with Crippen molar-refractivity contribution in [2.45, 2.75) is 39.2 Å². The lowest BCUT2D eigenvalue weighted by molar-refractivity contribution is 0.550. The Morgan fingerprint density at radius 3 is 2.68 bits per heavy atom. The highest BCUT2D eigenvalue weighted by Crippen LogP contribution is 2.26. The zero-order chi connectivity index (χ0) is 14.1. The van der Waals surface area contributed by atoms with Crippen molar-refractivity contribution < 1.29 is 0 Å². The van der Waals surface area contributed by atoms with Gasteiger partial charge in [-0.2, -0.15) is 11.8 Å². The van der Waals surface area contributed by atoms with Crippen LogP contribution in [0.4, 0.5) is 0 Å². The van der Waals surface area contributed by atoms with Crippen LogP contribution in [-0.2, 0) is 6.42 Å². The quantitative estimate of drug-likeness (QED) is 0.639. The van der Waals surface area contributed by atoms with E-state index in [9.17, 15) is 0 Å². The number of thioether (sulfide) groups is 1. The molecule has 0 aliphatic carbocycles. The summed E-state index contributed by atoms with van der Waals surface area (Å²) in [5.74, 6) is 2.34. The van der Waals surface area contributed by atoms with Crippen molar-refractivity contribution in [3.05, 3.63) is 33.8 Å². The standard InChI is InChI=1S/C15H23Cl2NS/c1-3-8-18-13(11-19-9-4-2)10-12-6-5-7-14(16)15(12)17/h5-7,13,18H,3-4,8-11H2,1-2H3. The van der Waals surface area contributed by atoms with Gasteiger partial charge in [-0.05, 0) is 43.2 Å². The number of hydrogen-bond donors (Lipinski definition) is 1. The van der Waals surface area contributed by atoms with Crippen LogP contribution in [0, 0.1) is 0 Å². The maximum atomic E-state index is 6.27. The fourth-order valence-corrected chi connectivity index (χ4v) is 3.25. The lowest BCUT2D eigenvalue weighted by Gasteiger charge is -2.19. The molecule has 0 heterocycles. The molecule has 1 nitrogen and oxygen atoms in total. The molecule has 0 aliphatic heterocycles. The van der Waals surface area contributed by atoms with Gasteiger partial charge in [-0.3, -0.25) is 0 Å². The van der Waals surface area contributed by atoms with Gasteiger partial charge in [0.25, 0.3) is 0 Å². The Balaban J connectivity index is 2.61. The summed E-state index contributed by atoms with van der Waals surface area (Å²) in [5, 5.41) is 4.95. The van der Waals surface area contributed by atoms with Gasteiger partial charge < -0.3 is 5.32 Å². The number of halogens is 2. The highest BCUT2D eigenvalue weighted by Gasteiger charge is 2.12. The molecule has 1 aromatic rings. The lowest BCUT2D eigenvalue weighted by Crippen LogP contribution is -2.34. The lowest BCUT2D eigenvalue weighted by atomic mass is 10.1. The minimum absolute atomic E-state index is 0.465. The van der Waals surface area contributed by atoms with Gasteiger partial charge in [-0.15, -0.1) is 0 Å². The third-order valence-corrected chi connectivity index (χ3v) is 5.04. The van der Waals surface area contributed by atoms with E-state index in [1.54, 1.807) is 0 Å². The van der Waals surface area contributed by atoms with Crippen molar-refractivity contribution in [3.63, 3.8) is 0 Å². The number of rotatable bonds is 9. The van der Waals surface area contributed by atoms with Crippen LogP contribution >= 0.6 is 35.0 Å². The molecule has 0 aliphatic rings. The number of benzene rings is 1. The van der Waals surface area contributed by atoms with E-state index < -0.39 is 0 Å². The first-order valence-corrected chi connectivity index (χ1v) is 8.84. The average Bonchev–Trinajstić information content (AvgIpc) is 2.41. The van der Waals surface area contributed by atoms with Crippen molar-refractivity contribution in [1.29, 1.82) is 0 Å². The summed E-state index contributed by atoms with van der Waals surface area (Å²) in [4.78, 5) is 0. The van der Waals surface area contributed by atoms with Crippen molar-refractivity contribution in [1.82, 2.24) is 5.32 Å². The molecule has 0 aromatic heterocycles. The van der Waals surface area contributed by atoms with E-state index in [2.05, 4.69) is 25.2 Å². The molecule has 1 unspecified atom stereocenters. The van der Waals surface area contributed by atoms with Gasteiger partial charge >= 0.3 is 0 Å². The van der Waals surface area contributed by atoms with E-state index in [0.717, 1.165) is 30.7 Å². The minimum Gasteiger partial charge on any atom is -0.313 e. The average molecular weight is 320 g/mol. The van der Waals surface area contributed by atoms with Gasteiger partial charge in [0.05, 0.1) is 10.0 Å². The highest BCUT2D eigenvalue weighted by molar-refractivity contribution is 7.99. The van der Waals surface area contributed by atoms with Crippen molar-refractivity contribution in [3.8, 4) is 0 Å². The number of hydrogen-bond acceptors (Lipinski definition) is 2. The zero-order valence-electron chi connectivity index (χ0n) is 11.7. The normalized spacial score (nSPS) is 12.6. The van der Waals surface area contributed by atoms with Crippen molar-refractivity contribution in [2.75, 3.05) is 18.1 Å². The summed E-state index contributed by atoms with van der Waals surface area (Å²) in [6.07, 6.45) is 3.32. The predicted molar refractivity (Wildman–Crippen MR) is 89.9 cm³/mol. The molecule has 0 saturated heterocycles. The smallest absolute Gasteiger partial charge is 0.0624 e. The fraction of sp³-hybridized carbons (Fsp3) is 0.600. The summed E-state index contributed by atoms with van der Waals surface area (Å²) in [6.45, 7) is 5.46. The van der Waals surface area contributed by atoms with Crippen molar-refractivity contribution >= 4 is 35.0 Å². The van der Waals surface area contributed by atoms with E-state index in [1.165, 1.54) is 12.2 Å². The fourth-order valence-electron chi connectivity index (χ4n) is 1.88. The highest BCUT2D eigenvalue weighted by atomic mass is 35.5. The molecule has 0 saturated carbocycles. The molecule has 0 spiro atoms. The van der Waals surface area contributed by atoms with Gasteiger partial charge in [0, 0.05) is 11.8 Å². The second kappa shape index (κ2) is 9.93. The first kappa shape index (κ1) is 17.2. The monoisotopic (exact) mass is 319 g/mol. The second-order valence-corrected chi connectivity index (χ2v) is 6.58. The summed E-state index contributed by atoms with van der Waals surface area (Å²) in [6, 6.07) is 6.35. The van der Waals surface area contributed by atoms with E-state index >= 15 is 0 Å². The van der Waals surface area contributed by atoms with Crippen LogP contribution in [0.3, 0.4) is 0 Å². The molecule has 0 fully saturated rings. The first-order chi connectivity index (χ1) is 9.19. The molecule has 1 atom stereocenters. The molecular weight excluding hydrogens is 297 g/mol. The topological polar surface area (TPSA) is 12.0 Å². The van der Waals surface area contributed by atoms with E-state index in [4.69, 9.17) is 23.2 Å². The molecule has 0 amide bonds. The van der Waals surface area contributed by atoms with Gasteiger partial charge in [0.1, 0.15) is 0 Å². The van der Waals surface area contributed by atoms with Crippen LogP contribution in [0.5, 0.6) is 0 Å². The molecule has 108 valence electrons. The number of nitrogens with one attached hydrogen (secondary N) is 1. The Kier molecular flexibility index (Phi) is 8.97. The SMILES string of the molecule is CCCNC(CSCCC)Cc1cccc(Cl)c1Cl. The Morgan fingerprint density at radius 1 is 1.21 bits per heavy atom. The molecule has 0 radical (unpaired) electrons. The van der Waals surface area contributed by atoms with Gasteiger partial charge in [0.15, 0.2) is 0 Å². The predicted octanol–water partition coefficient (Wildman–Crippen LogP) is 5.05. The largest absolute Gasteiger partial charge is 0.313 e. The van der Waals surface area contributed by atoms with Gasteiger partial charge in [-0.1, -0.05) is 49.2 Å². The second-order valence-electron chi connectivity index (χ2n) is 4.64. The van der Waals surface area contributed by atoms with Crippen LogP contribution in [0.25, 0.3) is 0 Å². The maximum absolute atomic E-state index is 6.27. The third-order valence-electron chi connectivity index (χ3n) is 2.85. The van der Waals surface area contributed by atoms with Crippen LogP contribution in [0.1, 0.15) is 32.3 Å². The van der Waals surface area contributed by atoms with E-state index in [0.29, 0.717) is 16.1 Å². The van der Waals surface area contributed by atoms with Crippen LogP contribution in [-0.4, -0.2) is 24.1 Å². The summed E-state index contributed by atoms with van der Waals surface area (Å²) in [7, 11) is 0. The van der Waals surface area contributed by atoms with Gasteiger partial charge in [-0.25, -0.2) is 0 Å². The molecule has 1 rings (SSSR count). The molecular formula is C15H23Cl2NS. The van der Waals surface area contributed by atoms with Gasteiger partial charge in [0.2, 0.25) is 0 Å². The summed E-state index contributed by atoms with van der Waals surface area (Å²) < 4.78 is 0. The van der Waals surface area contributed by atoms with Crippen LogP contribution in [0.15, 0.2) is 18.2 Å². The molecule has 4 heteroatoms. The third kappa shape index (κ3) is 6.40. The molecule has 1 N–H and O–H groups in total. The Morgan fingerprint density at radius 2 is 2.00 bits per heavy atom. The van der Waals surface area contributed by atoms with Crippen LogP contribution in [0.2, 0.25) is 10.0 Å². The molecule has 1 aromatic carbocycles. The van der Waals surface area contributed by atoms with E-state index in [-0.39, 0.29) is 0 Å². The Hall–Kier alpha value is 0.110. The summed E-state index contributed by atoms with van der Waals surface area (Å²) >= 11 is 14.3. The summed E-state index contributed by atoms with van der Waals surface area (Å²) in [5.41, 5.74) is 1.14. The van der Waals surface area contributed by atoms with Crippen LogP contribution < -0.4 is 5.32 Å². The van der Waals surface area contributed by atoms with Crippen molar-refractivity contribution in [2.24, 2.45) is 0 Å². The molecule has 19 heavy (non-hydrogen) atoms. The molecule has 0 bridgehead atoms. The zero-order valence-corrected chi connectivity index (χ0v) is 14.0. The Bertz CT molecular complexity index is 371. The van der Waals surface area contributed by atoms with E-state index in [1.807, 2.05) is 23.9 Å². The Labute approximate surface area is 131 Å². The minimum atomic E-state index is 0.465.